The molecule has 0 spiro atoms. The maximum Gasteiger partial charge on any atom is 0.220 e. The fourth-order valence-corrected chi connectivity index (χ4v) is 8.71. The van der Waals surface area contributed by atoms with Crippen molar-refractivity contribution in [3.8, 4) is 0 Å². The van der Waals surface area contributed by atoms with E-state index in [-0.39, 0.29) is 12.5 Å². The summed E-state index contributed by atoms with van der Waals surface area (Å²) in [4.78, 5) is 12.5. The quantitative estimate of drug-likeness (QED) is 0.0420. The van der Waals surface area contributed by atoms with Gasteiger partial charge in [0.15, 0.2) is 0 Å². The van der Waals surface area contributed by atoms with Gasteiger partial charge in [0.25, 0.3) is 0 Å². The number of nitrogens with one attached hydrogen (secondary N) is 1. The molecule has 2 unspecified atom stereocenters. The maximum atomic E-state index is 12.5. The van der Waals surface area contributed by atoms with Crippen molar-refractivity contribution in [1.29, 1.82) is 0 Å². The molecule has 0 aromatic carbocycles. The Labute approximate surface area is 418 Å². The van der Waals surface area contributed by atoms with E-state index < -0.39 is 12.1 Å². The molecule has 4 heteroatoms. The third-order valence-corrected chi connectivity index (χ3v) is 13.1. The van der Waals surface area contributed by atoms with Crippen LogP contribution in [0.1, 0.15) is 290 Å². The van der Waals surface area contributed by atoms with Crippen LogP contribution < -0.4 is 5.32 Å². The average Bonchev–Trinajstić information content (AvgIpc) is 3.33. The number of rotatable bonds is 53. The minimum Gasteiger partial charge on any atom is -0.394 e. The third kappa shape index (κ3) is 54.4. The van der Waals surface area contributed by atoms with E-state index >= 15 is 0 Å². The number of allylic oxidation sites excluding steroid dienone is 13. The lowest BCUT2D eigenvalue weighted by Gasteiger charge is -2.20. The van der Waals surface area contributed by atoms with Crippen molar-refractivity contribution in [1.82, 2.24) is 5.32 Å². The predicted octanol–water partition coefficient (Wildman–Crippen LogP) is 19.5. The van der Waals surface area contributed by atoms with Gasteiger partial charge in [0.2, 0.25) is 5.91 Å². The molecule has 0 heterocycles. The molecule has 0 aliphatic heterocycles. The monoisotopic (exact) mass is 932 g/mol. The van der Waals surface area contributed by atoms with E-state index in [1.54, 1.807) is 6.08 Å². The molecular weight excluding hydrogens is 819 g/mol. The van der Waals surface area contributed by atoms with Crippen molar-refractivity contribution in [2.75, 3.05) is 6.61 Å². The van der Waals surface area contributed by atoms with Crippen LogP contribution in [-0.4, -0.2) is 34.9 Å². The summed E-state index contributed by atoms with van der Waals surface area (Å²) in [6.07, 6.45) is 84.7. The fourth-order valence-electron chi connectivity index (χ4n) is 8.71. The highest BCUT2D eigenvalue weighted by atomic mass is 16.3. The highest BCUT2D eigenvalue weighted by Gasteiger charge is 2.18. The molecule has 0 radical (unpaired) electrons. The second-order valence-corrected chi connectivity index (χ2v) is 19.7. The zero-order chi connectivity index (χ0) is 48.5. The number of carbonyl (C=O) groups is 1. The smallest absolute Gasteiger partial charge is 0.220 e. The van der Waals surface area contributed by atoms with Crippen LogP contribution >= 0.6 is 0 Å². The van der Waals surface area contributed by atoms with E-state index in [9.17, 15) is 15.0 Å². The molecular formula is C63H113NO3. The zero-order valence-electron chi connectivity index (χ0n) is 44.7. The van der Waals surface area contributed by atoms with Crippen LogP contribution in [0.5, 0.6) is 0 Å². The standard InChI is InChI=1S/C63H113NO3/c1-3-5-7-9-11-13-15-17-19-21-23-25-27-28-29-30-31-32-33-34-35-37-38-40-42-44-46-48-50-52-54-56-58-62(66)61(60-65)64-63(67)59-57-55-53-51-49-47-45-43-41-39-36-26-24-22-20-18-16-14-12-10-8-6-4-2/h6,8,12,14,18,20,24,26,39,41,45,47,56,58,61-62,65-66H,3-5,7,9-11,13,15-17,19,21-23,25,27-38,40,42-44,46,48-55,57,59-60H2,1-2H3,(H,64,67)/b8-6-,14-12-,20-18-,26-24-,41-39-,47-45-,58-56+. The lowest BCUT2D eigenvalue weighted by atomic mass is 10.0. The van der Waals surface area contributed by atoms with Crippen LogP contribution in [0.25, 0.3) is 0 Å². The highest BCUT2D eigenvalue weighted by molar-refractivity contribution is 5.76. The zero-order valence-corrected chi connectivity index (χ0v) is 44.7. The van der Waals surface area contributed by atoms with Gasteiger partial charge >= 0.3 is 0 Å². The van der Waals surface area contributed by atoms with Gasteiger partial charge in [-0.2, -0.15) is 0 Å². The van der Waals surface area contributed by atoms with Crippen molar-refractivity contribution in [3.63, 3.8) is 0 Å². The second kappa shape index (κ2) is 57.9. The Morgan fingerprint density at radius 3 is 0.985 bits per heavy atom. The summed E-state index contributed by atoms with van der Waals surface area (Å²) in [6.45, 7) is 4.20. The Balaban J connectivity index is 3.53. The molecule has 0 bridgehead atoms. The molecule has 2 atom stereocenters. The van der Waals surface area contributed by atoms with E-state index in [0.717, 1.165) is 83.5 Å². The largest absolute Gasteiger partial charge is 0.394 e. The number of hydrogen-bond acceptors (Lipinski definition) is 3. The molecule has 0 aromatic heterocycles. The summed E-state index contributed by atoms with van der Waals surface area (Å²) in [6, 6.07) is -0.643. The predicted molar refractivity (Wildman–Crippen MR) is 299 cm³/mol. The van der Waals surface area contributed by atoms with Crippen molar-refractivity contribution < 1.29 is 15.0 Å². The van der Waals surface area contributed by atoms with Crippen LogP contribution in [0.4, 0.5) is 0 Å². The molecule has 0 aliphatic carbocycles. The topological polar surface area (TPSA) is 69.6 Å². The number of aliphatic hydroxyl groups is 2. The van der Waals surface area contributed by atoms with Gasteiger partial charge in [0, 0.05) is 6.42 Å². The van der Waals surface area contributed by atoms with E-state index in [1.807, 2.05) is 6.08 Å². The average molecular weight is 933 g/mol. The molecule has 0 aromatic rings. The molecule has 388 valence electrons. The first-order valence-corrected chi connectivity index (χ1v) is 29.3. The molecule has 0 rings (SSSR count). The summed E-state index contributed by atoms with van der Waals surface area (Å²) in [5.41, 5.74) is 0. The van der Waals surface area contributed by atoms with E-state index in [0.29, 0.717) is 6.42 Å². The lowest BCUT2D eigenvalue weighted by molar-refractivity contribution is -0.123. The van der Waals surface area contributed by atoms with E-state index in [1.165, 1.54) is 186 Å². The summed E-state index contributed by atoms with van der Waals surface area (Å²) >= 11 is 0. The Kier molecular flexibility index (Phi) is 55.8. The van der Waals surface area contributed by atoms with Crippen molar-refractivity contribution in [2.24, 2.45) is 0 Å². The van der Waals surface area contributed by atoms with Gasteiger partial charge in [-0.05, 0) is 70.6 Å². The van der Waals surface area contributed by atoms with Crippen LogP contribution in [0.15, 0.2) is 85.1 Å². The Bertz CT molecular complexity index is 1190. The molecule has 0 saturated carbocycles. The van der Waals surface area contributed by atoms with Crippen molar-refractivity contribution >= 4 is 5.91 Å². The van der Waals surface area contributed by atoms with Crippen molar-refractivity contribution in [3.05, 3.63) is 85.1 Å². The molecule has 3 N–H and O–H groups in total. The SMILES string of the molecule is CC/C=C\C/C=C\C/C=C\C/C=C\C/C=C\C/C=C\CCCCCCC(=O)NC(CO)C(O)/C=C/CCCCCCCCCCCCCCCCCCCCCCCCCCCCCCCC. The van der Waals surface area contributed by atoms with Crippen molar-refractivity contribution in [2.45, 2.75) is 302 Å². The molecule has 0 fully saturated rings. The minimum absolute atomic E-state index is 0.0884. The van der Waals surface area contributed by atoms with Crippen LogP contribution in [0, 0.1) is 0 Å². The number of aliphatic hydroxyl groups excluding tert-OH is 2. The molecule has 4 nitrogen and oxygen atoms in total. The second-order valence-electron chi connectivity index (χ2n) is 19.7. The van der Waals surface area contributed by atoms with Gasteiger partial charge in [0.1, 0.15) is 0 Å². The molecule has 1 amide bonds. The van der Waals surface area contributed by atoms with Gasteiger partial charge in [-0.15, -0.1) is 0 Å². The lowest BCUT2D eigenvalue weighted by Crippen LogP contribution is -2.45. The summed E-state index contributed by atoms with van der Waals surface area (Å²) in [5.74, 6) is -0.0884. The van der Waals surface area contributed by atoms with Crippen LogP contribution in [-0.2, 0) is 4.79 Å². The number of amides is 1. The number of hydrogen-bond donors (Lipinski definition) is 3. The highest BCUT2D eigenvalue weighted by Crippen LogP contribution is 2.17. The Morgan fingerprint density at radius 2 is 0.657 bits per heavy atom. The number of unbranched alkanes of at least 4 members (excludes halogenated alkanes) is 34. The summed E-state index contributed by atoms with van der Waals surface area (Å²) in [7, 11) is 0. The first-order valence-electron chi connectivity index (χ1n) is 29.3. The van der Waals surface area contributed by atoms with Gasteiger partial charge < -0.3 is 15.5 Å². The summed E-state index contributed by atoms with van der Waals surface area (Å²) in [5, 5.41) is 23.2. The minimum atomic E-state index is -0.858. The maximum absolute atomic E-state index is 12.5. The summed E-state index contributed by atoms with van der Waals surface area (Å²) < 4.78 is 0. The van der Waals surface area contributed by atoms with Gasteiger partial charge in [-0.3, -0.25) is 4.79 Å². The molecule has 0 saturated heterocycles. The molecule has 0 aliphatic rings. The van der Waals surface area contributed by atoms with Crippen LogP contribution in [0.2, 0.25) is 0 Å². The number of carbonyl (C=O) groups excluding carboxylic acids is 1. The normalized spacial score (nSPS) is 13.4. The first-order chi connectivity index (χ1) is 33.2. The van der Waals surface area contributed by atoms with E-state index in [4.69, 9.17) is 0 Å². The first kappa shape index (κ1) is 64.6. The van der Waals surface area contributed by atoms with E-state index in [2.05, 4.69) is 92.1 Å². The Hall–Kier alpha value is -2.43. The van der Waals surface area contributed by atoms with Gasteiger partial charge in [-0.25, -0.2) is 0 Å². The van der Waals surface area contributed by atoms with Gasteiger partial charge in [0.05, 0.1) is 18.8 Å². The molecule has 67 heavy (non-hydrogen) atoms. The fraction of sp³-hybridized carbons (Fsp3) is 0.762. The Morgan fingerprint density at radius 1 is 0.373 bits per heavy atom. The third-order valence-electron chi connectivity index (χ3n) is 13.1. The van der Waals surface area contributed by atoms with Gasteiger partial charge in [-0.1, -0.05) is 298 Å². The van der Waals surface area contributed by atoms with Crippen LogP contribution in [0.3, 0.4) is 0 Å².